The average Bonchev–Trinajstić information content (AvgIpc) is 3.00. The van der Waals surface area contributed by atoms with Crippen molar-refractivity contribution in [1.29, 1.82) is 0 Å². The molecule has 6 heteroatoms. The Morgan fingerprint density at radius 1 is 1.04 bits per heavy atom. The number of hydrogen-bond acceptors (Lipinski definition) is 3. The van der Waals surface area contributed by atoms with E-state index in [9.17, 15) is 19.5 Å². The Morgan fingerprint density at radius 3 is 2.27 bits per heavy atom. The van der Waals surface area contributed by atoms with Crippen LogP contribution in [0.1, 0.15) is 46.0 Å². The summed E-state index contributed by atoms with van der Waals surface area (Å²) in [4.78, 5) is 37.8. The third-order valence-electron chi connectivity index (χ3n) is 4.33. The Labute approximate surface area is 151 Å². The monoisotopic (exact) mass is 352 g/mol. The third kappa shape index (κ3) is 3.31. The Morgan fingerprint density at radius 2 is 1.65 bits per heavy atom. The van der Waals surface area contributed by atoms with E-state index in [-0.39, 0.29) is 24.4 Å². The van der Waals surface area contributed by atoms with Gasteiger partial charge in [-0.15, -0.1) is 0 Å². The van der Waals surface area contributed by atoms with Crippen molar-refractivity contribution in [1.82, 2.24) is 5.32 Å². The minimum absolute atomic E-state index is 0.0258. The highest BCUT2D eigenvalue weighted by atomic mass is 16.4. The normalized spacial score (nSPS) is 15.7. The van der Waals surface area contributed by atoms with Crippen molar-refractivity contribution in [3.8, 4) is 0 Å². The summed E-state index contributed by atoms with van der Waals surface area (Å²) in [6.45, 7) is 3.85. The van der Waals surface area contributed by atoms with Gasteiger partial charge in [0.2, 0.25) is 0 Å². The lowest BCUT2D eigenvalue weighted by molar-refractivity contribution is -0.138. The number of rotatable bonds is 4. The van der Waals surface area contributed by atoms with E-state index in [0.29, 0.717) is 22.4 Å². The van der Waals surface area contributed by atoms with Crippen LogP contribution in [0.15, 0.2) is 48.5 Å². The molecule has 1 atom stereocenters. The molecule has 26 heavy (non-hydrogen) atoms. The number of carbonyl (C=O) groups excluding carboxylic acids is 2. The van der Waals surface area contributed by atoms with Gasteiger partial charge in [-0.25, -0.2) is 0 Å². The number of amides is 2. The van der Waals surface area contributed by atoms with Gasteiger partial charge < -0.3 is 15.3 Å². The fraction of sp³-hybridized carbons (Fsp3) is 0.250. The van der Waals surface area contributed by atoms with Gasteiger partial charge in [0, 0.05) is 29.4 Å². The van der Waals surface area contributed by atoms with E-state index < -0.39 is 11.9 Å². The fourth-order valence-corrected chi connectivity index (χ4v) is 3.08. The van der Waals surface area contributed by atoms with Gasteiger partial charge in [-0.05, 0) is 49.7 Å². The zero-order valence-corrected chi connectivity index (χ0v) is 14.6. The second-order valence-corrected chi connectivity index (χ2v) is 6.57. The molecule has 134 valence electrons. The number of nitrogens with one attached hydrogen (secondary N) is 1. The molecule has 1 aliphatic heterocycles. The van der Waals surface area contributed by atoms with E-state index in [2.05, 4.69) is 5.32 Å². The Hall–Kier alpha value is -3.15. The zero-order valence-electron chi connectivity index (χ0n) is 14.6. The molecule has 0 aromatic heterocycles. The quantitative estimate of drug-likeness (QED) is 0.886. The number of carboxylic acid groups (broad SMARTS) is 1. The van der Waals surface area contributed by atoms with E-state index in [1.54, 1.807) is 48.5 Å². The van der Waals surface area contributed by atoms with Crippen LogP contribution in [0, 0.1) is 0 Å². The lowest BCUT2D eigenvalue weighted by atomic mass is 10.0. The van der Waals surface area contributed by atoms with Crippen LogP contribution in [0.5, 0.6) is 0 Å². The number of carboxylic acids is 1. The molecule has 0 aliphatic carbocycles. The number of fused-ring (bicyclic) bond motifs is 1. The lowest BCUT2D eigenvalue weighted by Crippen LogP contribution is -2.32. The number of para-hydroxylation sites is 1. The molecule has 6 nitrogen and oxygen atoms in total. The van der Waals surface area contributed by atoms with Crippen molar-refractivity contribution in [3.05, 3.63) is 65.2 Å². The van der Waals surface area contributed by atoms with Crippen molar-refractivity contribution in [3.63, 3.8) is 0 Å². The van der Waals surface area contributed by atoms with Crippen LogP contribution in [0.3, 0.4) is 0 Å². The van der Waals surface area contributed by atoms with Crippen molar-refractivity contribution in [2.45, 2.75) is 25.8 Å². The molecule has 0 bridgehead atoms. The molecule has 3 rings (SSSR count). The minimum Gasteiger partial charge on any atom is -0.481 e. The summed E-state index contributed by atoms with van der Waals surface area (Å²) in [6.07, 6.45) is 0. The van der Waals surface area contributed by atoms with Crippen molar-refractivity contribution < 1.29 is 19.5 Å². The van der Waals surface area contributed by atoms with E-state index in [0.717, 1.165) is 0 Å². The molecule has 0 saturated carbocycles. The highest BCUT2D eigenvalue weighted by Gasteiger charge is 2.36. The SMILES string of the molecule is CC(C)NC(=O)c1ccc(C(=O)N2CC(C(=O)O)c3ccccc32)cc1. The molecule has 1 unspecified atom stereocenters. The molecule has 2 aromatic rings. The standard InChI is InChI=1S/C20H20N2O4/c1-12(2)21-18(23)13-7-9-14(10-8-13)19(24)22-11-16(20(25)26)15-5-3-4-6-17(15)22/h3-10,12,16H,11H2,1-2H3,(H,21,23)(H,25,26). The molecule has 0 radical (unpaired) electrons. The van der Waals surface area contributed by atoms with Crippen molar-refractivity contribution in [2.75, 3.05) is 11.4 Å². The van der Waals surface area contributed by atoms with Gasteiger partial charge in [-0.3, -0.25) is 14.4 Å². The second-order valence-electron chi connectivity index (χ2n) is 6.57. The molecule has 1 aliphatic rings. The van der Waals surface area contributed by atoms with E-state index in [4.69, 9.17) is 0 Å². The molecule has 0 fully saturated rings. The van der Waals surface area contributed by atoms with Crippen molar-refractivity contribution >= 4 is 23.5 Å². The summed E-state index contributed by atoms with van der Waals surface area (Å²) in [5, 5.41) is 12.2. The lowest BCUT2D eigenvalue weighted by Gasteiger charge is -2.18. The topological polar surface area (TPSA) is 86.7 Å². The molecular formula is C20H20N2O4. The van der Waals surface area contributed by atoms with E-state index in [1.807, 2.05) is 13.8 Å². The Balaban J connectivity index is 1.84. The first kappa shape index (κ1) is 17.7. The molecule has 0 saturated heterocycles. The van der Waals surface area contributed by atoms with Gasteiger partial charge in [0.25, 0.3) is 11.8 Å². The number of aliphatic carboxylic acids is 1. The molecule has 1 heterocycles. The average molecular weight is 352 g/mol. The highest BCUT2D eigenvalue weighted by Crippen LogP contribution is 2.37. The summed E-state index contributed by atoms with van der Waals surface area (Å²) >= 11 is 0. The van der Waals surface area contributed by atoms with E-state index in [1.165, 1.54) is 4.90 Å². The van der Waals surface area contributed by atoms with Crippen LogP contribution in [0.25, 0.3) is 0 Å². The number of carbonyl (C=O) groups is 3. The summed E-state index contributed by atoms with van der Waals surface area (Å²) in [5.41, 5.74) is 2.14. The largest absolute Gasteiger partial charge is 0.481 e. The first-order valence-electron chi connectivity index (χ1n) is 8.43. The van der Waals surface area contributed by atoms with Crippen LogP contribution in [0.2, 0.25) is 0 Å². The molecule has 0 spiro atoms. The predicted octanol–water partition coefficient (Wildman–Crippen LogP) is 2.65. The zero-order chi connectivity index (χ0) is 18.8. The third-order valence-corrected chi connectivity index (χ3v) is 4.33. The van der Waals surface area contributed by atoms with Gasteiger partial charge in [0.15, 0.2) is 0 Å². The van der Waals surface area contributed by atoms with Crippen LogP contribution >= 0.6 is 0 Å². The predicted molar refractivity (Wildman–Crippen MR) is 97.5 cm³/mol. The smallest absolute Gasteiger partial charge is 0.312 e. The number of hydrogen-bond donors (Lipinski definition) is 2. The van der Waals surface area contributed by atoms with Gasteiger partial charge in [0.1, 0.15) is 5.92 Å². The second kappa shape index (κ2) is 7.00. The number of benzene rings is 2. The van der Waals surface area contributed by atoms with Gasteiger partial charge in [-0.2, -0.15) is 0 Å². The number of nitrogens with zero attached hydrogens (tertiary/aromatic N) is 1. The van der Waals surface area contributed by atoms with E-state index >= 15 is 0 Å². The van der Waals surface area contributed by atoms with Crippen molar-refractivity contribution in [2.24, 2.45) is 0 Å². The van der Waals surface area contributed by atoms with Crippen LogP contribution < -0.4 is 10.2 Å². The van der Waals surface area contributed by atoms with Crippen LogP contribution in [-0.2, 0) is 4.79 Å². The number of anilines is 1. The highest BCUT2D eigenvalue weighted by molar-refractivity contribution is 6.09. The summed E-state index contributed by atoms with van der Waals surface area (Å²) in [6, 6.07) is 13.4. The first-order valence-corrected chi connectivity index (χ1v) is 8.43. The maximum absolute atomic E-state index is 12.9. The summed E-state index contributed by atoms with van der Waals surface area (Å²) in [7, 11) is 0. The molecule has 2 amide bonds. The first-order chi connectivity index (χ1) is 12.4. The molecule has 2 N–H and O–H groups in total. The Kier molecular flexibility index (Phi) is 4.75. The minimum atomic E-state index is -0.951. The van der Waals surface area contributed by atoms with Gasteiger partial charge in [0.05, 0.1) is 0 Å². The maximum atomic E-state index is 12.9. The fourth-order valence-electron chi connectivity index (χ4n) is 3.08. The summed E-state index contributed by atoms with van der Waals surface area (Å²) in [5.74, 6) is -2.16. The van der Waals surface area contributed by atoms with Crippen LogP contribution in [0.4, 0.5) is 5.69 Å². The maximum Gasteiger partial charge on any atom is 0.312 e. The Bertz CT molecular complexity index is 858. The van der Waals surface area contributed by atoms with Crippen LogP contribution in [-0.4, -0.2) is 35.5 Å². The summed E-state index contributed by atoms with van der Waals surface area (Å²) < 4.78 is 0. The van der Waals surface area contributed by atoms with Gasteiger partial charge in [-0.1, -0.05) is 18.2 Å². The van der Waals surface area contributed by atoms with Gasteiger partial charge >= 0.3 is 5.97 Å². The molecular weight excluding hydrogens is 332 g/mol. The molecule has 2 aromatic carbocycles.